The fourth-order valence-corrected chi connectivity index (χ4v) is 12.5. The third-order valence-corrected chi connectivity index (χ3v) is 14.4. The van der Waals surface area contributed by atoms with E-state index < -0.39 is 18.3 Å². The molecule has 0 fully saturated rings. The number of rotatable bonds is 9. The van der Waals surface area contributed by atoms with Gasteiger partial charge >= 0.3 is 0 Å². The van der Waals surface area contributed by atoms with Crippen LogP contribution in [-0.2, 0) is 21.0 Å². The first-order valence-electron chi connectivity index (χ1n) is 11.7. The zero-order valence-corrected chi connectivity index (χ0v) is 23.6. The van der Waals surface area contributed by atoms with E-state index in [-0.39, 0.29) is 23.1 Å². The number of ether oxygens (including phenoxy) is 1. The first-order chi connectivity index (χ1) is 15.9. The van der Waals surface area contributed by atoms with E-state index >= 15 is 0 Å². The second kappa shape index (κ2) is 11.4. The maximum absolute atomic E-state index is 13.5. The molecule has 2 aromatic rings. The number of hydrogen-bond acceptors (Lipinski definition) is 4. The molecular weight excluding hydrogens is 462 g/mol. The van der Waals surface area contributed by atoms with Gasteiger partial charge in [0.25, 0.3) is 10.0 Å². The predicted octanol–water partition coefficient (Wildman–Crippen LogP) is 6.43. The molecule has 0 atom stereocenters. The molecule has 7 heteroatoms. The quantitative estimate of drug-likeness (QED) is 0.226. The van der Waals surface area contributed by atoms with E-state index in [0.717, 1.165) is 5.56 Å². The summed E-state index contributed by atoms with van der Waals surface area (Å²) in [4.78, 5) is 0.169. The van der Waals surface area contributed by atoms with E-state index in [0.29, 0.717) is 16.8 Å². The number of benzene rings is 2. The molecule has 34 heavy (non-hydrogen) atoms. The topological polar surface area (TPSA) is 55.8 Å². The minimum Gasteiger partial charge on any atom is -0.497 e. The molecular formula is C27H39NO4SSi. The Hall–Kier alpha value is -2.27. The van der Waals surface area contributed by atoms with Crippen LogP contribution in [0.25, 0.3) is 0 Å². The minimum absolute atomic E-state index is 0.0237. The van der Waals surface area contributed by atoms with Gasteiger partial charge in [0.05, 0.1) is 25.2 Å². The average molecular weight is 502 g/mol. The van der Waals surface area contributed by atoms with Crippen LogP contribution >= 0.6 is 0 Å². The van der Waals surface area contributed by atoms with Crippen molar-refractivity contribution in [2.75, 3.05) is 13.7 Å². The molecule has 0 aliphatic rings. The Labute approximate surface area is 207 Å². The molecule has 0 spiro atoms. The van der Waals surface area contributed by atoms with Crippen LogP contribution in [0.2, 0.25) is 16.1 Å². The smallest absolute Gasteiger partial charge is 0.271 e. The van der Waals surface area contributed by atoms with Crippen molar-refractivity contribution in [2.45, 2.75) is 76.0 Å². The van der Waals surface area contributed by atoms with Gasteiger partial charge in [-0.25, -0.2) is 12.7 Å². The first kappa shape index (κ1) is 28.0. The van der Waals surface area contributed by atoms with Gasteiger partial charge in [0.2, 0.25) is 8.32 Å². The Morgan fingerprint density at radius 2 is 1.50 bits per heavy atom. The van der Waals surface area contributed by atoms with Crippen LogP contribution in [-0.4, -0.2) is 34.8 Å². The summed E-state index contributed by atoms with van der Waals surface area (Å²) in [7, 11) is -4.50. The van der Waals surface area contributed by atoms with Crippen LogP contribution in [0.15, 0.2) is 59.5 Å². The molecule has 0 saturated heterocycles. The van der Waals surface area contributed by atoms with E-state index in [1.54, 1.807) is 31.4 Å². The molecule has 2 rings (SSSR count). The fourth-order valence-electron chi connectivity index (χ4n) is 5.03. The maximum atomic E-state index is 13.5. The normalized spacial score (nSPS) is 12.4. The monoisotopic (exact) mass is 501 g/mol. The van der Waals surface area contributed by atoms with E-state index in [4.69, 9.17) is 9.16 Å². The number of nitrogens with zero attached hydrogens (tertiary/aromatic N) is 1. The molecule has 0 bridgehead atoms. The van der Waals surface area contributed by atoms with Crippen molar-refractivity contribution in [2.24, 2.45) is 0 Å². The van der Waals surface area contributed by atoms with Gasteiger partial charge in [-0.3, -0.25) is 0 Å². The summed E-state index contributed by atoms with van der Waals surface area (Å²) in [5, 5.41) is 0.0237. The van der Waals surface area contributed by atoms with Crippen LogP contribution in [0.5, 0.6) is 5.75 Å². The largest absolute Gasteiger partial charge is 0.497 e. The summed E-state index contributed by atoms with van der Waals surface area (Å²) in [6, 6.07) is 18.7. The molecule has 0 radical (unpaired) electrons. The van der Waals surface area contributed by atoms with Crippen LogP contribution in [0, 0.1) is 12.0 Å². The molecule has 2 aromatic carbocycles. The Balaban J connectivity index is 2.38. The third kappa shape index (κ3) is 6.23. The van der Waals surface area contributed by atoms with Crippen molar-refractivity contribution in [1.82, 2.24) is 4.31 Å². The molecule has 0 unspecified atom stereocenters. The van der Waals surface area contributed by atoms with Crippen LogP contribution in [0.4, 0.5) is 0 Å². The van der Waals surface area contributed by atoms with Crippen molar-refractivity contribution in [1.29, 1.82) is 0 Å². The Kier molecular flexibility index (Phi) is 9.41. The lowest BCUT2D eigenvalue weighted by atomic mass is 10.2. The van der Waals surface area contributed by atoms with Crippen molar-refractivity contribution < 1.29 is 17.6 Å². The lowest BCUT2D eigenvalue weighted by Crippen LogP contribution is -2.52. The molecule has 0 amide bonds. The highest BCUT2D eigenvalue weighted by atomic mass is 32.2. The van der Waals surface area contributed by atoms with E-state index in [9.17, 15) is 8.42 Å². The summed E-state index contributed by atoms with van der Waals surface area (Å²) in [5.74, 6) is 3.62. The Morgan fingerprint density at radius 3 is 1.97 bits per heavy atom. The van der Waals surface area contributed by atoms with Crippen molar-refractivity contribution in [3.63, 3.8) is 0 Å². The molecule has 0 aliphatic heterocycles. The van der Waals surface area contributed by atoms with Crippen molar-refractivity contribution >= 4 is 18.3 Å². The number of hydrogen-bond donors (Lipinski definition) is 0. The first-order valence-corrected chi connectivity index (χ1v) is 15.2. The summed E-state index contributed by atoms with van der Waals surface area (Å²) in [5.41, 5.74) is 1.66. The zero-order chi connectivity index (χ0) is 25.6. The molecule has 186 valence electrons. The van der Waals surface area contributed by atoms with Gasteiger partial charge in [0.15, 0.2) is 0 Å². The molecule has 0 saturated carbocycles. The van der Waals surface area contributed by atoms with E-state index in [1.165, 1.54) is 4.31 Å². The molecule has 5 nitrogen and oxygen atoms in total. The predicted molar refractivity (Wildman–Crippen MR) is 142 cm³/mol. The molecule has 0 aromatic heterocycles. The lowest BCUT2D eigenvalue weighted by molar-refractivity contribution is 0.303. The summed E-state index contributed by atoms with van der Waals surface area (Å²) in [6.07, 6.45) is 0. The van der Waals surface area contributed by atoms with Crippen molar-refractivity contribution in [3.8, 4) is 17.7 Å². The maximum Gasteiger partial charge on any atom is 0.271 e. The Morgan fingerprint density at radius 1 is 0.941 bits per heavy atom. The van der Waals surface area contributed by atoms with Gasteiger partial charge in [0, 0.05) is 6.04 Å². The molecule has 0 heterocycles. The molecule has 0 aliphatic carbocycles. The van der Waals surface area contributed by atoms with Gasteiger partial charge in [0.1, 0.15) is 5.75 Å². The lowest BCUT2D eigenvalue weighted by Gasteiger charge is -2.48. The number of methoxy groups -OCH3 is 1. The standard InChI is InChI=1S/C27H39NO4SSi/c1-22(2)34(23(3)4,27(5,6)7)32-20-12-19-28(21-24-13-10-9-11-14-24)33(29,30)26-17-15-25(31-8)16-18-26/h9-11,13-18,22-23H,20-21H2,1-8H3. The van der Waals surface area contributed by atoms with Gasteiger partial charge in [-0.1, -0.05) is 84.7 Å². The third-order valence-electron chi connectivity index (χ3n) is 6.29. The van der Waals surface area contributed by atoms with Crippen LogP contribution < -0.4 is 4.74 Å². The van der Waals surface area contributed by atoms with Gasteiger partial charge in [-0.15, -0.1) is 0 Å². The minimum atomic E-state index is -3.84. The summed E-state index contributed by atoms with van der Waals surface area (Å²) >= 11 is 0. The summed E-state index contributed by atoms with van der Waals surface area (Å²) < 4.78 is 39.9. The van der Waals surface area contributed by atoms with E-state index in [2.05, 4.69) is 60.4 Å². The number of sulfonamides is 1. The second-order valence-corrected chi connectivity index (χ2v) is 17.6. The highest BCUT2D eigenvalue weighted by Crippen LogP contribution is 2.50. The second-order valence-electron chi connectivity index (χ2n) is 10.1. The SMILES string of the molecule is COc1ccc(S(=O)(=O)N(C#CCO[Si](C(C)C)(C(C)C)C(C)(C)C)Cc2ccccc2)cc1. The Bertz CT molecular complexity index is 1070. The summed E-state index contributed by atoms with van der Waals surface area (Å²) in [6.45, 7) is 16.0. The highest BCUT2D eigenvalue weighted by Gasteiger charge is 2.51. The van der Waals surface area contributed by atoms with Gasteiger partial charge in [-0.05, 0) is 45.9 Å². The van der Waals surface area contributed by atoms with Crippen LogP contribution in [0.1, 0.15) is 54.0 Å². The molecule has 0 N–H and O–H groups in total. The highest BCUT2D eigenvalue weighted by molar-refractivity contribution is 7.89. The average Bonchev–Trinajstić information content (AvgIpc) is 2.77. The zero-order valence-electron chi connectivity index (χ0n) is 21.8. The van der Waals surface area contributed by atoms with Crippen molar-refractivity contribution in [3.05, 3.63) is 60.2 Å². The van der Waals surface area contributed by atoms with Gasteiger partial charge < -0.3 is 9.16 Å². The fraction of sp³-hybridized carbons (Fsp3) is 0.481. The van der Waals surface area contributed by atoms with Crippen LogP contribution in [0.3, 0.4) is 0 Å². The van der Waals surface area contributed by atoms with E-state index in [1.807, 2.05) is 30.3 Å². The van der Waals surface area contributed by atoms with Gasteiger partial charge in [-0.2, -0.15) is 0 Å².